The van der Waals surface area contributed by atoms with Crippen molar-refractivity contribution in [3.63, 3.8) is 0 Å². The molecule has 2 nitrogen and oxygen atoms in total. The van der Waals surface area contributed by atoms with E-state index in [1.165, 1.54) is 31.7 Å². The van der Waals surface area contributed by atoms with Crippen molar-refractivity contribution in [3.8, 4) is 0 Å². The average Bonchev–Trinajstić information content (AvgIpc) is 2.66. The van der Waals surface area contributed by atoms with Crippen molar-refractivity contribution in [2.45, 2.75) is 57.8 Å². The summed E-state index contributed by atoms with van der Waals surface area (Å²) in [6, 6.07) is 5.07. The summed E-state index contributed by atoms with van der Waals surface area (Å²) in [5.74, 6) is -0.226. The Labute approximate surface area is 108 Å². The topological polar surface area (TPSA) is 35.2 Å². The molecule has 18 heavy (non-hydrogen) atoms. The highest BCUT2D eigenvalue weighted by Crippen LogP contribution is 2.21. The van der Waals surface area contributed by atoms with Crippen molar-refractivity contribution < 1.29 is 9.13 Å². The summed E-state index contributed by atoms with van der Waals surface area (Å²) in [5, 5.41) is 0. The van der Waals surface area contributed by atoms with E-state index >= 15 is 0 Å². The van der Waals surface area contributed by atoms with Crippen molar-refractivity contribution in [2.24, 2.45) is 5.73 Å². The van der Waals surface area contributed by atoms with Gasteiger partial charge in [0.05, 0.1) is 12.7 Å². The Hall–Kier alpha value is -0.930. The molecule has 100 valence electrons. The van der Waals surface area contributed by atoms with Crippen molar-refractivity contribution >= 4 is 0 Å². The maximum Gasteiger partial charge on any atom is 0.127 e. The Morgan fingerprint density at radius 2 is 1.89 bits per heavy atom. The fraction of sp³-hybridized carbons (Fsp3) is 0.600. The molecule has 1 aliphatic carbocycles. The van der Waals surface area contributed by atoms with Crippen LogP contribution in [-0.2, 0) is 17.9 Å². The molecule has 0 saturated heterocycles. The smallest absolute Gasteiger partial charge is 0.127 e. The predicted octanol–water partition coefficient (Wildman–Crippen LogP) is 3.52. The van der Waals surface area contributed by atoms with Gasteiger partial charge in [-0.2, -0.15) is 0 Å². The highest BCUT2D eigenvalue weighted by Gasteiger charge is 2.12. The number of hydrogen-bond acceptors (Lipinski definition) is 2. The third-order valence-electron chi connectivity index (χ3n) is 3.62. The minimum absolute atomic E-state index is 0.226. The van der Waals surface area contributed by atoms with Gasteiger partial charge in [0, 0.05) is 12.1 Å². The van der Waals surface area contributed by atoms with Crippen molar-refractivity contribution in [2.75, 3.05) is 0 Å². The van der Waals surface area contributed by atoms with Gasteiger partial charge in [0.15, 0.2) is 0 Å². The highest BCUT2D eigenvalue weighted by molar-refractivity contribution is 5.24. The van der Waals surface area contributed by atoms with Crippen LogP contribution in [0, 0.1) is 5.82 Å². The zero-order valence-corrected chi connectivity index (χ0v) is 10.8. The summed E-state index contributed by atoms with van der Waals surface area (Å²) < 4.78 is 19.2. The van der Waals surface area contributed by atoms with E-state index in [1.54, 1.807) is 6.07 Å². The second kappa shape index (κ2) is 6.86. The lowest BCUT2D eigenvalue weighted by Crippen LogP contribution is -2.11. The van der Waals surface area contributed by atoms with Crippen molar-refractivity contribution in [1.82, 2.24) is 0 Å². The first-order chi connectivity index (χ1) is 8.79. The fourth-order valence-electron chi connectivity index (χ4n) is 2.50. The van der Waals surface area contributed by atoms with Gasteiger partial charge in [0.1, 0.15) is 5.82 Å². The standard InChI is InChI=1S/C15H22FNO/c16-15-8-7-12(9-13(15)10-17)11-18-14-5-3-1-2-4-6-14/h7-9,14H,1-6,10-11,17H2. The van der Waals surface area contributed by atoms with Crippen LogP contribution in [0.5, 0.6) is 0 Å². The third-order valence-corrected chi connectivity index (χ3v) is 3.62. The lowest BCUT2D eigenvalue weighted by molar-refractivity contribution is 0.0309. The van der Waals surface area contributed by atoms with Crippen molar-refractivity contribution in [1.29, 1.82) is 0 Å². The van der Waals surface area contributed by atoms with Gasteiger partial charge >= 0.3 is 0 Å². The lowest BCUT2D eigenvalue weighted by Gasteiger charge is -2.15. The van der Waals surface area contributed by atoms with Crippen LogP contribution in [0.3, 0.4) is 0 Å². The third kappa shape index (κ3) is 3.79. The monoisotopic (exact) mass is 251 g/mol. The maximum atomic E-state index is 13.3. The highest BCUT2D eigenvalue weighted by atomic mass is 19.1. The fourth-order valence-corrected chi connectivity index (χ4v) is 2.50. The molecule has 2 N–H and O–H groups in total. The molecular formula is C15H22FNO. The number of halogens is 1. The molecule has 0 spiro atoms. The molecule has 1 fully saturated rings. The molecule has 1 aromatic carbocycles. The molecule has 0 bridgehead atoms. The summed E-state index contributed by atoms with van der Waals surface area (Å²) >= 11 is 0. The minimum Gasteiger partial charge on any atom is -0.374 e. The van der Waals surface area contributed by atoms with Gasteiger partial charge in [-0.1, -0.05) is 31.7 Å². The van der Waals surface area contributed by atoms with Crippen LogP contribution < -0.4 is 5.73 Å². The van der Waals surface area contributed by atoms with Gasteiger partial charge in [-0.25, -0.2) is 4.39 Å². The van der Waals surface area contributed by atoms with Crippen LogP contribution in [0.15, 0.2) is 18.2 Å². The summed E-state index contributed by atoms with van der Waals surface area (Å²) in [6.07, 6.45) is 7.88. The predicted molar refractivity (Wildman–Crippen MR) is 70.6 cm³/mol. The van der Waals surface area contributed by atoms with Crippen molar-refractivity contribution in [3.05, 3.63) is 35.1 Å². The molecular weight excluding hydrogens is 229 g/mol. The van der Waals surface area contributed by atoms with Gasteiger partial charge < -0.3 is 10.5 Å². The second-order valence-corrected chi connectivity index (χ2v) is 5.05. The molecule has 0 unspecified atom stereocenters. The minimum atomic E-state index is -0.226. The van der Waals surface area contributed by atoms with Gasteiger partial charge in [-0.15, -0.1) is 0 Å². The Balaban J connectivity index is 1.88. The molecule has 0 atom stereocenters. The lowest BCUT2D eigenvalue weighted by atomic mass is 10.1. The molecule has 1 saturated carbocycles. The molecule has 2 rings (SSSR count). The SMILES string of the molecule is NCc1cc(COC2CCCCCC2)ccc1F. The number of nitrogens with two attached hydrogens (primary N) is 1. The molecule has 0 radical (unpaired) electrons. The zero-order valence-electron chi connectivity index (χ0n) is 10.8. The van der Waals surface area contributed by atoms with E-state index in [9.17, 15) is 4.39 Å². The molecule has 0 amide bonds. The van der Waals surface area contributed by atoms with E-state index < -0.39 is 0 Å². The van der Waals surface area contributed by atoms with E-state index in [4.69, 9.17) is 10.5 Å². The van der Waals surface area contributed by atoms with E-state index in [0.717, 1.165) is 18.4 Å². The van der Waals surface area contributed by atoms with Gasteiger partial charge in [-0.3, -0.25) is 0 Å². The first-order valence-corrected chi connectivity index (χ1v) is 6.88. The van der Waals surface area contributed by atoms with Crippen LogP contribution in [-0.4, -0.2) is 6.10 Å². The number of benzene rings is 1. The number of rotatable bonds is 4. The van der Waals surface area contributed by atoms with E-state index in [2.05, 4.69) is 0 Å². The van der Waals surface area contributed by atoms with Crippen LogP contribution >= 0.6 is 0 Å². The Kier molecular flexibility index (Phi) is 5.14. The van der Waals surface area contributed by atoms with Gasteiger partial charge in [0.25, 0.3) is 0 Å². The Morgan fingerprint density at radius 1 is 1.17 bits per heavy atom. The van der Waals surface area contributed by atoms with E-state index in [-0.39, 0.29) is 12.4 Å². The molecule has 0 aromatic heterocycles. The Bertz CT molecular complexity index is 373. The van der Waals surface area contributed by atoms with Crippen LogP contribution in [0.25, 0.3) is 0 Å². The largest absolute Gasteiger partial charge is 0.374 e. The molecule has 3 heteroatoms. The second-order valence-electron chi connectivity index (χ2n) is 5.05. The summed E-state index contributed by atoms with van der Waals surface area (Å²) in [6.45, 7) is 0.807. The molecule has 1 aromatic rings. The molecule has 0 aliphatic heterocycles. The summed E-state index contributed by atoms with van der Waals surface area (Å²) in [7, 11) is 0. The molecule has 1 aliphatic rings. The van der Waals surface area contributed by atoms with Crippen LogP contribution in [0.4, 0.5) is 4.39 Å². The Morgan fingerprint density at radius 3 is 2.56 bits per heavy atom. The van der Waals surface area contributed by atoms with Gasteiger partial charge in [-0.05, 0) is 30.5 Å². The average molecular weight is 251 g/mol. The first kappa shape index (κ1) is 13.5. The van der Waals surface area contributed by atoms with Gasteiger partial charge in [0.2, 0.25) is 0 Å². The van der Waals surface area contributed by atoms with E-state index in [1.807, 2.05) is 6.07 Å². The number of hydrogen-bond donors (Lipinski definition) is 1. The van der Waals surface area contributed by atoms with E-state index in [0.29, 0.717) is 18.3 Å². The first-order valence-electron chi connectivity index (χ1n) is 6.88. The van der Waals surface area contributed by atoms with Crippen LogP contribution in [0.1, 0.15) is 49.7 Å². The number of ether oxygens (including phenoxy) is 1. The summed E-state index contributed by atoms with van der Waals surface area (Å²) in [4.78, 5) is 0. The summed E-state index contributed by atoms with van der Waals surface area (Å²) in [5.41, 5.74) is 7.08. The normalized spacial score (nSPS) is 17.7. The zero-order chi connectivity index (χ0) is 12.8. The van der Waals surface area contributed by atoms with Crippen LogP contribution in [0.2, 0.25) is 0 Å². The molecule has 0 heterocycles. The maximum absolute atomic E-state index is 13.3. The quantitative estimate of drug-likeness (QED) is 0.831.